The maximum atomic E-state index is 9.87. The number of carbonyl (C=O) groups is 1. The van der Waals surface area contributed by atoms with Crippen LogP contribution in [0.15, 0.2) is 55.8 Å². The van der Waals surface area contributed by atoms with Crippen LogP contribution >= 0.6 is 11.6 Å². The highest BCUT2D eigenvalue weighted by Crippen LogP contribution is 2.10. The summed E-state index contributed by atoms with van der Waals surface area (Å²) in [5, 5.41) is 5.80. The zero-order valence-electron chi connectivity index (χ0n) is 15.1. The summed E-state index contributed by atoms with van der Waals surface area (Å²) >= 11 is 5.62. The van der Waals surface area contributed by atoms with Crippen LogP contribution in [-0.2, 0) is 4.79 Å². The van der Waals surface area contributed by atoms with E-state index in [-0.39, 0.29) is 0 Å². The van der Waals surface area contributed by atoms with Gasteiger partial charge in [0.25, 0.3) is 0 Å². The van der Waals surface area contributed by atoms with Gasteiger partial charge < -0.3 is 15.4 Å². The minimum absolute atomic E-state index is 0.381. The molecule has 0 bridgehead atoms. The topological polar surface area (TPSA) is 63.2 Å². The first-order valence-electron chi connectivity index (χ1n) is 7.56. The van der Waals surface area contributed by atoms with Crippen LogP contribution in [0.1, 0.15) is 20.8 Å². The zero-order chi connectivity index (χ0) is 19.2. The summed E-state index contributed by atoms with van der Waals surface area (Å²) in [6.45, 7) is 16.4. The molecule has 1 aromatic heterocycles. The van der Waals surface area contributed by atoms with E-state index in [1.165, 1.54) is 0 Å². The van der Waals surface area contributed by atoms with Crippen molar-refractivity contribution in [1.82, 2.24) is 15.6 Å². The normalized spacial score (nSPS) is 8.62. The number of allylic oxidation sites excluding steroid dienone is 2. The molecule has 0 radical (unpaired) electrons. The Labute approximate surface area is 151 Å². The Morgan fingerprint density at radius 2 is 2.00 bits per heavy atom. The molecule has 24 heavy (non-hydrogen) atoms. The van der Waals surface area contributed by atoms with Crippen molar-refractivity contribution in [1.29, 1.82) is 0 Å². The van der Waals surface area contributed by atoms with Gasteiger partial charge in [-0.25, -0.2) is 4.98 Å². The molecule has 1 rings (SSSR count). The number of halogens is 1. The third kappa shape index (κ3) is 17.8. The second kappa shape index (κ2) is 23.0. The van der Waals surface area contributed by atoms with Crippen LogP contribution in [0.2, 0.25) is 5.15 Å². The Balaban J connectivity index is -0.000000341. The molecular weight excluding hydrogens is 326 g/mol. The Bertz CT molecular complexity index is 452. The summed E-state index contributed by atoms with van der Waals surface area (Å²) in [6.07, 6.45) is 4.36. The average Bonchev–Trinajstić information content (AvgIpc) is 2.64. The van der Waals surface area contributed by atoms with Crippen molar-refractivity contribution in [2.75, 3.05) is 20.2 Å². The Morgan fingerprint density at radius 3 is 2.38 bits per heavy atom. The molecule has 0 saturated heterocycles. The van der Waals surface area contributed by atoms with Crippen LogP contribution in [0.3, 0.4) is 0 Å². The minimum atomic E-state index is 0.381. The van der Waals surface area contributed by atoms with E-state index in [0.29, 0.717) is 30.6 Å². The number of rotatable bonds is 7. The molecule has 0 unspecified atom stereocenters. The molecule has 1 amide bonds. The van der Waals surface area contributed by atoms with Gasteiger partial charge in [-0.2, -0.15) is 0 Å². The number of pyridine rings is 1. The van der Waals surface area contributed by atoms with Crippen LogP contribution in [0.25, 0.3) is 0 Å². The van der Waals surface area contributed by atoms with Crippen molar-refractivity contribution in [2.45, 2.75) is 20.8 Å². The fraction of sp³-hybridized carbons (Fsp3) is 0.333. The molecule has 6 heteroatoms. The van der Waals surface area contributed by atoms with Crippen molar-refractivity contribution in [3.05, 3.63) is 60.9 Å². The van der Waals surface area contributed by atoms with Gasteiger partial charge in [-0.15, -0.1) is 13.2 Å². The molecule has 0 atom stereocenters. The predicted octanol–water partition coefficient (Wildman–Crippen LogP) is 3.98. The molecule has 0 saturated carbocycles. The zero-order valence-corrected chi connectivity index (χ0v) is 15.9. The molecule has 0 fully saturated rings. The van der Waals surface area contributed by atoms with Crippen molar-refractivity contribution < 1.29 is 9.53 Å². The Morgan fingerprint density at radius 1 is 1.38 bits per heavy atom. The molecule has 0 aromatic carbocycles. The van der Waals surface area contributed by atoms with E-state index in [1.54, 1.807) is 24.3 Å². The molecule has 5 nitrogen and oxygen atoms in total. The van der Waals surface area contributed by atoms with Gasteiger partial charge in [-0.05, 0) is 19.1 Å². The first-order valence-corrected chi connectivity index (χ1v) is 7.94. The molecule has 0 aliphatic rings. The lowest BCUT2D eigenvalue weighted by Gasteiger charge is -2.03. The number of nitrogens with zero attached hydrogens (tertiary/aromatic N) is 1. The van der Waals surface area contributed by atoms with E-state index >= 15 is 0 Å². The van der Waals surface area contributed by atoms with Crippen LogP contribution in [-0.4, -0.2) is 31.6 Å². The third-order valence-corrected chi connectivity index (χ3v) is 2.30. The van der Waals surface area contributed by atoms with Gasteiger partial charge >= 0.3 is 0 Å². The van der Waals surface area contributed by atoms with Crippen LogP contribution in [0.5, 0.6) is 5.88 Å². The van der Waals surface area contributed by atoms with Crippen LogP contribution < -0.4 is 15.4 Å². The molecule has 2 N–H and O–H groups in total. The summed E-state index contributed by atoms with van der Waals surface area (Å²) in [5.74, 6) is 0.459. The fourth-order valence-corrected chi connectivity index (χ4v) is 1.26. The maximum Gasteiger partial charge on any atom is 0.214 e. The number of hydrogen-bond donors (Lipinski definition) is 2. The monoisotopic (exact) mass is 355 g/mol. The minimum Gasteiger partial charge on any atom is -0.476 e. The maximum absolute atomic E-state index is 9.87. The number of carbonyl (C=O) groups excluding carboxylic acids is 1. The summed E-state index contributed by atoms with van der Waals surface area (Å²) in [7, 11) is 1.87. The number of amides is 1. The van der Waals surface area contributed by atoms with Gasteiger partial charge in [0.05, 0.1) is 6.54 Å². The SMILES string of the molecule is C=C.C=C/C(=C\C)NC.CC.O=CNCCOc1cccc(Cl)n1. The number of likely N-dealkylation sites (N-methyl/N-ethyl adjacent to an activating group) is 1. The van der Waals surface area contributed by atoms with Crippen molar-refractivity contribution >= 4 is 18.0 Å². The lowest BCUT2D eigenvalue weighted by molar-refractivity contribution is -0.109. The van der Waals surface area contributed by atoms with Gasteiger partial charge in [-0.3, -0.25) is 4.79 Å². The Kier molecular flexibility index (Phi) is 25.5. The molecule has 136 valence electrons. The summed E-state index contributed by atoms with van der Waals surface area (Å²) in [6, 6.07) is 5.11. The van der Waals surface area contributed by atoms with Gasteiger partial charge in [-0.1, -0.05) is 44.2 Å². The highest BCUT2D eigenvalue weighted by atomic mass is 35.5. The molecule has 1 heterocycles. The van der Waals surface area contributed by atoms with Gasteiger partial charge in [0.1, 0.15) is 11.8 Å². The van der Waals surface area contributed by atoms with Crippen molar-refractivity contribution in [3.63, 3.8) is 0 Å². The Hall–Kier alpha value is -2.27. The van der Waals surface area contributed by atoms with E-state index in [2.05, 4.69) is 35.4 Å². The van der Waals surface area contributed by atoms with Gasteiger partial charge in [0.2, 0.25) is 12.3 Å². The molecule has 0 aliphatic heterocycles. The van der Waals surface area contributed by atoms with Gasteiger partial charge in [0, 0.05) is 18.8 Å². The van der Waals surface area contributed by atoms with E-state index in [4.69, 9.17) is 16.3 Å². The highest BCUT2D eigenvalue weighted by Gasteiger charge is 1.94. The number of ether oxygens (including phenoxy) is 1. The first kappa shape index (κ1) is 26.6. The van der Waals surface area contributed by atoms with Crippen LogP contribution in [0.4, 0.5) is 0 Å². The van der Waals surface area contributed by atoms with Crippen LogP contribution in [0, 0.1) is 0 Å². The summed E-state index contributed by atoms with van der Waals surface area (Å²) < 4.78 is 5.17. The van der Waals surface area contributed by atoms with E-state index in [1.807, 2.05) is 33.9 Å². The number of aromatic nitrogens is 1. The van der Waals surface area contributed by atoms with Crippen molar-refractivity contribution in [2.24, 2.45) is 0 Å². The predicted molar refractivity (Wildman–Crippen MR) is 104 cm³/mol. The number of hydrogen-bond acceptors (Lipinski definition) is 4. The molecular formula is C18H30ClN3O2. The van der Waals surface area contributed by atoms with Crippen molar-refractivity contribution in [3.8, 4) is 5.88 Å². The lowest BCUT2D eigenvalue weighted by atomic mass is 10.4. The molecule has 0 spiro atoms. The lowest BCUT2D eigenvalue weighted by Crippen LogP contribution is -2.19. The average molecular weight is 356 g/mol. The second-order valence-corrected chi connectivity index (χ2v) is 3.80. The molecule has 1 aromatic rings. The standard InChI is InChI=1S/C8H9ClN2O2.C6H11N.C2H6.C2H4/c9-7-2-1-3-8(11-7)13-5-4-10-6-12;1-4-6(5-2)7-3;2*1-2/h1-3,6H,4-5H2,(H,10,12);4-5,7H,1H2,2-3H3;1-2H3;1-2H2/b;6-5+;;. The van der Waals surface area contributed by atoms with E-state index in [0.717, 1.165) is 5.70 Å². The quantitative estimate of drug-likeness (QED) is 0.255. The second-order valence-electron chi connectivity index (χ2n) is 3.42. The van der Waals surface area contributed by atoms with E-state index in [9.17, 15) is 4.79 Å². The fourth-order valence-electron chi connectivity index (χ4n) is 1.11. The van der Waals surface area contributed by atoms with Gasteiger partial charge in [0.15, 0.2) is 0 Å². The smallest absolute Gasteiger partial charge is 0.214 e. The summed E-state index contributed by atoms with van der Waals surface area (Å²) in [4.78, 5) is 13.8. The summed E-state index contributed by atoms with van der Waals surface area (Å²) in [5.41, 5.74) is 1.07. The van der Waals surface area contributed by atoms with E-state index < -0.39 is 0 Å². The number of nitrogens with one attached hydrogen (secondary N) is 2. The largest absolute Gasteiger partial charge is 0.476 e. The highest BCUT2D eigenvalue weighted by molar-refractivity contribution is 6.29. The third-order valence-electron chi connectivity index (χ3n) is 2.09. The molecule has 0 aliphatic carbocycles. The first-order chi connectivity index (χ1) is 11.7.